The summed E-state index contributed by atoms with van der Waals surface area (Å²) in [7, 11) is -3.15. The predicted octanol–water partition coefficient (Wildman–Crippen LogP) is 3.97. The van der Waals surface area contributed by atoms with Crippen LogP contribution in [0.2, 0.25) is 32.2 Å². The molecule has 0 saturated carbocycles. The van der Waals surface area contributed by atoms with E-state index in [0.29, 0.717) is 0 Å². The number of hydrogen-bond acceptors (Lipinski definition) is 0. The summed E-state index contributed by atoms with van der Waals surface area (Å²) in [6, 6.07) is 0.956. The van der Waals surface area contributed by atoms with E-state index in [9.17, 15) is 0 Å². The van der Waals surface area contributed by atoms with Crippen LogP contribution in [0.1, 0.15) is 0 Å². The summed E-state index contributed by atoms with van der Waals surface area (Å²) in [5.74, 6) is 0. The van der Waals surface area contributed by atoms with Crippen LogP contribution >= 0.6 is 22.2 Å². The first-order valence-corrected chi connectivity index (χ1v) is 11.9. The van der Waals surface area contributed by atoms with Crippen LogP contribution in [-0.4, -0.2) is 14.8 Å². The molecule has 0 atom stereocenters. The molecule has 0 aromatic heterocycles. The van der Waals surface area contributed by atoms with Gasteiger partial charge in [-0.05, 0) is 6.04 Å². The van der Waals surface area contributed by atoms with E-state index in [1.807, 2.05) is 0 Å². The Morgan fingerprint density at radius 1 is 1.18 bits per heavy atom. The van der Waals surface area contributed by atoms with Crippen molar-refractivity contribution in [2.45, 2.75) is 32.2 Å². The van der Waals surface area contributed by atoms with Crippen molar-refractivity contribution in [1.82, 2.24) is 0 Å². The van der Waals surface area contributed by atoms with Gasteiger partial charge in [-0.1, -0.05) is 31.4 Å². The second kappa shape index (κ2) is 3.64. The van der Waals surface area contributed by atoms with E-state index in [0.717, 1.165) is 6.04 Å². The average molecular weight is 227 g/mol. The van der Waals surface area contributed by atoms with Crippen LogP contribution in [0.15, 0.2) is 11.8 Å². The number of hydrogen-bond donors (Lipinski definition) is 0. The third-order valence-electron chi connectivity index (χ3n) is 1.47. The molecular weight excluding hydrogens is 211 g/mol. The van der Waals surface area contributed by atoms with Gasteiger partial charge in [0.25, 0.3) is 0 Å². The number of allylic oxidation sites excluding steroid dienone is 1. The Labute approximate surface area is 81.0 Å². The highest BCUT2D eigenvalue weighted by Crippen LogP contribution is 2.27. The van der Waals surface area contributed by atoms with Crippen molar-refractivity contribution in [3.05, 3.63) is 11.8 Å². The van der Waals surface area contributed by atoms with Crippen molar-refractivity contribution in [3.63, 3.8) is 0 Å². The molecule has 0 aromatic carbocycles. The topological polar surface area (TPSA) is 0 Å². The molecule has 0 heterocycles. The third kappa shape index (κ3) is 5.96. The van der Waals surface area contributed by atoms with Crippen molar-refractivity contribution in [2.75, 3.05) is 0 Å². The summed E-state index contributed by atoms with van der Waals surface area (Å²) < 4.78 is 0. The highest BCUT2D eigenvalue weighted by molar-refractivity contribution is 7.25. The highest BCUT2D eigenvalue weighted by Gasteiger charge is 2.27. The molecule has 0 aliphatic carbocycles. The largest absolute Gasteiger partial charge is 0.176 e. The highest BCUT2D eigenvalue weighted by atomic mass is 35.6. The molecule has 4 heteroatoms. The minimum absolute atomic E-state index is 0.956. The molecule has 0 rings (SSSR count). The Kier molecular flexibility index (Phi) is 3.89. The summed E-state index contributed by atoms with van der Waals surface area (Å²) in [6.45, 7) is 12.4. The molecule has 0 aliphatic rings. The molecule has 66 valence electrons. The normalized spacial score (nSPS) is 13.3. The molecule has 0 nitrogen and oxygen atoms in total. The molecule has 11 heavy (non-hydrogen) atoms. The Morgan fingerprint density at radius 2 is 1.55 bits per heavy atom. The summed E-state index contributed by atoms with van der Waals surface area (Å²) in [5.41, 5.74) is 0. The summed E-state index contributed by atoms with van der Waals surface area (Å²) in [5, 5.41) is 1.19. The van der Waals surface area contributed by atoms with Crippen molar-refractivity contribution in [3.8, 4) is 0 Å². The first kappa shape index (κ1) is 11.8. The smallest absolute Gasteiger partial charge is 0.167 e. The lowest BCUT2D eigenvalue weighted by Gasteiger charge is -2.21. The van der Waals surface area contributed by atoms with Crippen LogP contribution in [0.3, 0.4) is 0 Å². The van der Waals surface area contributed by atoms with Gasteiger partial charge in [-0.2, -0.15) is 22.2 Å². The molecule has 0 saturated heterocycles. The SMILES string of the molecule is C=C(C[Si](C)(C)Cl)[Si](C)(C)Cl. The van der Waals surface area contributed by atoms with Crippen LogP contribution in [0.5, 0.6) is 0 Å². The van der Waals surface area contributed by atoms with Gasteiger partial charge in [-0.15, -0.1) is 6.58 Å². The third-order valence-corrected chi connectivity index (χ3v) is 6.16. The summed E-state index contributed by atoms with van der Waals surface area (Å²) in [6.07, 6.45) is 0. The summed E-state index contributed by atoms with van der Waals surface area (Å²) >= 11 is 12.4. The molecule has 0 spiro atoms. The van der Waals surface area contributed by atoms with Gasteiger partial charge >= 0.3 is 0 Å². The van der Waals surface area contributed by atoms with Gasteiger partial charge in [0.05, 0.1) is 0 Å². The van der Waals surface area contributed by atoms with Crippen molar-refractivity contribution in [2.24, 2.45) is 0 Å². The molecule has 0 N–H and O–H groups in total. The Bertz CT molecular complexity index is 153. The minimum Gasteiger partial charge on any atom is -0.167 e. The van der Waals surface area contributed by atoms with E-state index in [-0.39, 0.29) is 0 Å². The zero-order valence-corrected chi connectivity index (χ0v) is 11.2. The zero-order chi connectivity index (χ0) is 9.28. The fourth-order valence-corrected chi connectivity index (χ4v) is 6.16. The van der Waals surface area contributed by atoms with Crippen LogP contribution < -0.4 is 0 Å². The van der Waals surface area contributed by atoms with Crippen molar-refractivity contribution >= 4 is 36.9 Å². The lowest BCUT2D eigenvalue weighted by molar-refractivity contribution is 1.51. The van der Waals surface area contributed by atoms with E-state index in [1.54, 1.807) is 0 Å². The maximum Gasteiger partial charge on any atom is 0.176 e. The average Bonchev–Trinajstić information content (AvgIpc) is 1.56. The Balaban J connectivity index is 4.11. The standard InChI is InChI=1S/C7H16Cl2Si2/c1-7(11(4,5)9)6-10(2,3)8/h1,6H2,2-5H3. The molecule has 0 radical (unpaired) electrons. The molecule has 0 amide bonds. The van der Waals surface area contributed by atoms with Gasteiger partial charge in [0.15, 0.2) is 14.8 Å². The quantitative estimate of drug-likeness (QED) is 0.505. The second-order valence-corrected chi connectivity index (χ2v) is 17.3. The molecular formula is C7H16Cl2Si2. The van der Waals surface area contributed by atoms with E-state index in [4.69, 9.17) is 22.2 Å². The van der Waals surface area contributed by atoms with Crippen LogP contribution in [0, 0.1) is 0 Å². The fraction of sp³-hybridized carbons (Fsp3) is 0.714. The molecule has 0 fully saturated rings. The van der Waals surface area contributed by atoms with Gasteiger partial charge in [0, 0.05) is 0 Å². The van der Waals surface area contributed by atoms with E-state index >= 15 is 0 Å². The van der Waals surface area contributed by atoms with E-state index in [1.165, 1.54) is 5.20 Å². The predicted molar refractivity (Wildman–Crippen MR) is 60.6 cm³/mol. The maximum atomic E-state index is 6.19. The van der Waals surface area contributed by atoms with E-state index in [2.05, 4.69) is 32.8 Å². The zero-order valence-electron chi connectivity index (χ0n) is 7.67. The van der Waals surface area contributed by atoms with Gasteiger partial charge < -0.3 is 0 Å². The number of rotatable bonds is 3. The van der Waals surface area contributed by atoms with Crippen LogP contribution in [0.4, 0.5) is 0 Å². The minimum atomic E-state index is -1.64. The lowest BCUT2D eigenvalue weighted by Crippen LogP contribution is -2.27. The van der Waals surface area contributed by atoms with Crippen LogP contribution in [-0.2, 0) is 0 Å². The first-order chi connectivity index (χ1) is 4.63. The Hall–Kier alpha value is 0.754. The van der Waals surface area contributed by atoms with Crippen molar-refractivity contribution in [1.29, 1.82) is 0 Å². The van der Waals surface area contributed by atoms with Gasteiger partial charge in [-0.3, -0.25) is 0 Å². The lowest BCUT2D eigenvalue weighted by atomic mass is 10.7. The molecule has 0 aliphatic heterocycles. The molecule has 0 bridgehead atoms. The van der Waals surface area contributed by atoms with E-state index < -0.39 is 14.8 Å². The summed E-state index contributed by atoms with van der Waals surface area (Å²) in [4.78, 5) is 0. The van der Waals surface area contributed by atoms with Crippen LogP contribution in [0.25, 0.3) is 0 Å². The van der Waals surface area contributed by atoms with Gasteiger partial charge in [-0.25, -0.2) is 0 Å². The Morgan fingerprint density at radius 3 is 1.64 bits per heavy atom. The second-order valence-electron chi connectivity index (χ2n) is 3.97. The number of halogens is 2. The van der Waals surface area contributed by atoms with Gasteiger partial charge in [0.2, 0.25) is 0 Å². The van der Waals surface area contributed by atoms with Gasteiger partial charge in [0.1, 0.15) is 0 Å². The maximum absolute atomic E-state index is 6.19. The molecule has 0 aromatic rings. The van der Waals surface area contributed by atoms with Crippen molar-refractivity contribution < 1.29 is 0 Å². The molecule has 0 unspecified atom stereocenters. The first-order valence-electron chi connectivity index (χ1n) is 3.69. The monoisotopic (exact) mass is 226 g/mol. The fourth-order valence-electron chi connectivity index (χ4n) is 0.718.